The zero-order chi connectivity index (χ0) is 14.0. The van der Waals surface area contributed by atoms with E-state index in [4.69, 9.17) is 5.73 Å². The Morgan fingerprint density at radius 1 is 1.21 bits per heavy atom. The molecular formula is C13H10N2O4. The highest BCUT2D eigenvalue weighted by Crippen LogP contribution is 2.24. The summed E-state index contributed by atoms with van der Waals surface area (Å²) in [7, 11) is 0. The van der Waals surface area contributed by atoms with Crippen LogP contribution in [0.2, 0.25) is 0 Å². The summed E-state index contributed by atoms with van der Waals surface area (Å²) in [4.78, 5) is 22.2. The average molecular weight is 258 g/mol. The lowest BCUT2D eigenvalue weighted by Crippen LogP contribution is -2.03. The summed E-state index contributed by atoms with van der Waals surface area (Å²) in [5.74, 6) is -0.752. The fourth-order valence-corrected chi connectivity index (χ4v) is 1.66. The number of nitrogen functional groups attached to an aromatic ring is 1. The number of aromatic hydroxyl groups is 1. The van der Waals surface area contributed by atoms with Gasteiger partial charge in [-0.15, -0.1) is 0 Å². The maximum absolute atomic E-state index is 12.1. The molecule has 96 valence electrons. The molecule has 0 saturated carbocycles. The lowest BCUT2D eigenvalue weighted by molar-refractivity contribution is -0.384. The van der Waals surface area contributed by atoms with Gasteiger partial charge in [0.05, 0.1) is 10.5 Å². The van der Waals surface area contributed by atoms with E-state index in [0.717, 1.165) is 6.07 Å². The molecule has 0 aliphatic carbocycles. The second-order valence-electron chi connectivity index (χ2n) is 3.91. The third kappa shape index (κ3) is 2.52. The molecule has 2 rings (SSSR count). The summed E-state index contributed by atoms with van der Waals surface area (Å²) in [5.41, 5.74) is 5.80. The monoisotopic (exact) mass is 258 g/mol. The fraction of sp³-hybridized carbons (Fsp3) is 0. The number of anilines is 1. The second kappa shape index (κ2) is 4.77. The number of nitro benzene ring substituents is 1. The summed E-state index contributed by atoms with van der Waals surface area (Å²) in [5, 5.41) is 20.3. The molecule has 2 aromatic rings. The Hall–Kier alpha value is -2.89. The van der Waals surface area contributed by atoms with Crippen molar-refractivity contribution in [3.8, 4) is 5.75 Å². The van der Waals surface area contributed by atoms with Gasteiger partial charge in [-0.25, -0.2) is 0 Å². The minimum Gasteiger partial charge on any atom is -0.507 e. The van der Waals surface area contributed by atoms with E-state index in [1.54, 1.807) is 0 Å². The van der Waals surface area contributed by atoms with Gasteiger partial charge in [-0.2, -0.15) is 0 Å². The Kier molecular flexibility index (Phi) is 3.15. The first-order valence-corrected chi connectivity index (χ1v) is 5.36. The first-order chi connectivity index (χ1) is 8.99. The number of rotatable bonds is 3. The number of benzene rings is 2. The van der Waals surface area contributed by atoms with Gasteiger partial charge >= 0.3 is 0 Å². The molecule has 6 nitrogen and oxygen atoms in total. The van der Waals surface area contributed by atoms with E-state index in [0.29, 0.717) is 5.69 Å². The number of non-ortho nitro benzene ring substituents is 1. The highest BCUT2D eigenvalue weighted by atomic mass is 16.6. The Bertz CT molecular complexity index is 667. The van der Waals surface area contributed by atoms with Gasteiger partial charge in [0.2, 0.25) is 0 Å². The molecule has 0 spiro atoms. The van der Waals surface area contributed by atoms with E-state index < -0.39 is 10.7 Å². The predicted molar refractivity (Wildman–Crippen MR) is 69.0 cm³/mol. The first-order valence-electron chi connectivity index (χ1n) is 5.36. The summed E-state index contributed by atoms with van der Waals surface area (Å²) in [6, 6.07) is 9.43. The van der Waals surface area contributed by atoms with Crippen LogP contribution < -0.4 is 5.73 Å². The van der Waals surface area contributed by atoms with Gasteiger partial charge in [0, 0.05) is 29.4 Å². The van der Waals surface area contributed by atoms with Crippen molar-refractivity contribution in [2.24, 2.45) is 0 Å². The number of ketones is 1. The molecule has 0 atom stereocenters. The smallest absolute Gasteiger partial charge is 0.270 e. The van der Waals surface area contributed by atoms with Gasteiger partial charge in [-0.3, -0.25) is 14.9 Å². The number of nitrogens with two attached hydrogens (primary N) is 1. The number of hydrogen-bond donors (Lipinski definition) is 2. The molecule has 2 aromatic carbocycles. The highest BCUT2D eigenvalue weighted by Gasteiger charge is 2.16. The van der Waals surface area contributed by atoms with Crippen molar-refractivity contribution in [1.29, 1.82) is 0 Å². The molecule has 19 heavy (non-hydrogen) atoms. The van der Waals surface area contributed by atoms with Crippen molar-refractivity contribution in [2.45, 2.75) is 0 Å². The average Bonchev–Trinajstić information content (AvgIpc) is 2.38. The highest BCUT2D eigenvalue weighted by molar-refractivity contribution is 6.11. The van der Waals surface area contributed by atoms with E-state index in [1.165, 1.54) is 36.4 Å². The molecule has 0 amide bonds. The van der Waals surface area contributed by atoms with Gasteiger partial charge in [0.1, 0.15) is 5.75 Å². The van der Waals surface area contributed by atoms with Crippen LogP contribution in [0.3, 0.4) is 0 Å². The Labute approximate surface area is 108 Å². The number of carbonyl (C=O) groups excluding carboxylic acids is 1. The summed E-state index contributed by atoms with van der Waals surface area (Å²) >= 11 is 0. The quantitative estimate of drug-likeness (QED) is 0.379. The van der Waals surface area contributed by atoms with E-state index in [2.05, 4.69) is 0 Å². The van der Waals surface area contributed by atoms with Crippen LogP contribution in [0.25, 0.3) is 0 Å². The van der Waals surface area contributed by atoms with Crippen molar-refractivity contribution in [3.05, 3.63) is 63.7 Å². The molecule has 0 radical (unpaired) electrons. The topological polar surface area (TPSA) is 106 Å². The normalized spacial score (nSPS) is 10.1. The maximum atomic E-state index is 12.1. The van der Waals surface area contributed by atoms with Gasteiger partial charge in [0.15, 0.2) is 5.78 Å². The van der Waals surface area contributed by atoms with Gasteiger partial charge in [0.25, 0.3) is 5.69 Å². The standard InChI is InChI=1S/C13H10N2O4/c14-9-4-5-11(12(16)7-9)13(17)8-2-1-3-10(6-8)15(18)19/h1-7,16H,14H2. The van der Waals surface area contributed by atoms with Crippen molar-refractivity contribution in [1.82, 2.24) is 0 Å². The van der Waals surface area contributed by atoms with Crippen LogP contribution in [0.15, 0.2) is 42.5 Å². The van der Waals surface area contributed by atoms with Gasteiger partial charge in [-0.1, -0.05) is 12.1 Å². The lowest BCUT2D eigenvalue weighted by atomic mass is 10.0. The summed E-state index contributed by atoms with van der Waals surface area (Å²) < 4.78 is 0. The predicted octanol–water partition coefficient (Wildman–Crippen LogP) is 2.11. The van der Waals surface area contributed by atoms with Crippen molar-refractivity contribution >= 4 is 17.2 Å². The summed E-state index contributed by atoms with van der Waals surface area (Å²) in [6.45, 7) is 0. The van der Waals surface area contributed by atoms with Crippen molar-refractivity contribution < 1.29 is 14.8 Å². The molecule has 0 fully saturated rings. The van der Waals surface area contributed by atoms with Crippen LogP contribution in [-0.4, -0.2) is 15.8 Å². The second-order valence-corrected chi connectivity index (χ2v) is 3.91. The fourth-order valence-electron chi connectivity index (χ4n) is 1.66. The molecule has 6 heteroatoms. The van der Waals surface area contributed by atoms with Crippen molar-refractivity contribution in [2.75, 3.05) is 5.73 Å². The van der Waals surface area contributed by atoms with E-state index in [-0.39, 0.29) is 22.6 Å². The third-order valence-electron chi connectivity index (χ3n) is 2.59. The van der Waals surface area contributed by atoms with Crippen LogP contribution in [-0.2, 0) is 0 Å². The molecule has 3 N–H and O–H groups in total. The Morgan fingerprint density at radius 2 is 1.95 bits per heavy atom. The Morgan fingerprint density at radius 3 is 2.58 bits per heavy atom. The molecule has 0 heterocycles. The van der Waals surface area contributed by atoms with E-state index >= 15 is 0 Å². The lowest BCUT2D eigenvalue weighted by Gasteiger charge is -2.04. The number of phenols is 1. The minimum absolute atomic E-state index is 0.0506. The van der Waals surface area contributed by atoms with Crippen molar-refractivity contribution in [3.63, 3.8) is 0 Å². The zero-order valence-corrected chi connectivity index (χ0v) is 9.74. The third-order valence-corrected chi connectivity index (χ3v) is 2.59. The molecule has 0 aromatic heterocycles. The van der Waals surface area contributed by atoms with Gasteiger partial charge < -0.3 is 10.8 Å². The van der Waals surface area contributed by atoms with Crippen LogP contribution in [0.1, 0.15) is 15.9 Å². The molecule has 0 aliphatic rings. The number of nitrogens with zero attached hydrogens (tertiary/aromatic N) is 1. The van der Waals surface area contributed by atoms with Crippen LogP contribution in [0, 0.1) is 10.1 Å². The van der Waals surface area contributed by atoms with E-state index in [1.807, 2.05) is 0 Å². The zero-order valence-electron chi connectivity index (χ0n) is 9.74. The summed E-state index contributed by atoms with van der Waals surface area (Å²) in [6.07, 6.45) is 0. The number of hydrogen-bond acceptors (Lipinski definition) is 5. The molecule has 0 aliphatic heterocycles. The minimum atomic E-state index is -0.584. The number of phenolic OH excluding ortho intramolecular Hbond substituents is 1. The molecular weight excluding hydrogens is 248 g/mol. The van der Waals surface area contributed by atoms with Crippen LogP contribution in [0.5, 0.6) is 5.75 Å². The Balaban J connectivity index is 2.44. The maximum Gasteiger partial charge on any atom is 0.270 e. The van der Waals surface area contributed by atoms with Gasteiger partial charge in [-0.05, 0) is 12.1 Å². The largest absolute Gasteiger partial charge is 0.507 e. The number of carbonyl (C=O) groups is 1. The van der Waals surface area contributed by atoms with E-state index in [9.17, 15) is 20.0 Å². The first kappa shape index (κ1) is 12.6. The molecule has 0 bridgehead atoms. The SMILES string of the molecule is Nc1ccc(C(=O)c2cccc([N+](=O)[O-])c2)c(O)c1. The van der Waals surface area contributed by atoms with Crippen LogP contribution >= 0.6 is 0 Å². The van der Waals surface area contributed by atoms with Crippen LogP contribution in [0.4, 0.5) is 11.4 Å². The molecule has 0 unspecified atom stereocenters. The molecule has 0 saturated heterocycles. The number of nitro groups is 1.